The van der Waals surface area contributed by atoms with Crippen molar-refractivity contribution in [1.29, 1.82) is 0 Å². The minimum atomic E-state index is 0.633. The topological polar surface area (TPSA) is 58.5 Å². The van der Waals surface area contributed by atoms with Crippen molar-refractivity contribution in [2.75, 3.05) is 42.5 Å². The molecule has 17 heavy (non-hydrogen) atoms. The van der Waals surface area contributed by atoms with Crippen LogP contribution in [-0.2, 0) is 0 Å². The number of benzene rings is 1. The van der Waals surface area contributed by atoms with Gasteiger partial charge in [0, 0.05) is 37.9 Å². The summed E-state index contributed by atoms with van der Waals surface area (Å²) in [6, 6.07) is 6.55. The maximum atomic E-state index is 5.84. The van der Waals surface area contributed by atoms with Crippen LogP contribution in [0, 0.1) is 0 Å². The summed E-state index contributed by atoms with van der Waals surface area (Å²) in [6.45, 7) is 8.83. The van der Waals surface area contributed by atoms with Crippen LogP contribution in [0.4, 0.5) is 17.1 Å². The first-order valence-electron chi connectivity index (χ1n) is 6.22. The molecule has 0 bridgehead atoms. The van der Waals surface area contributed by atoms with Gasteiger partial charge in [-0.05, 0) is 32.0 Å². The zero-order chi connectivity index (χ0) is 12.4. The van der Waals surface area contributed by atoms with Crippen LogP contribution in [0.2, 0.25) is 0 Å². The van der Waals surface area contributed by atoms with Crippen molar-refractivity contribution in [3.63, 3.8) is 0 Å². The number of piperazine rings is 1. The van der Waals surface area contributed by atoms with Crippen LogP contribution < -0.4 is 16.4 Å². The quantitative estimate of drug-likeness (QED) is 0.759. The van der Waals surface area contributed by atoms with Crippen molar-refractivity contribution < 1.29 is 0 Å². The third-order valence-corrected chi connectivity index (χ3v) is 3.48. The molecule has 1 heterocycles. The Bertz CT molecular complexity index is 381. The minimum Gasteiger partial charge on any atom is -0.397 e. The Labute approximate surface area is 103 Å². The van der Waals surface area contributed by atoms with E-state index < -0.39 is 0 Å². The number of anilines is 3. The summed E-state index contributed by atoms with van der Waals surface area (Å²) >= 11 is 0. The lowest BCUT2D eigenvalue weighted by Crippen LogP contribution is -2.48. The van der Waals surface area contributed by atoms with Gasteiger partial charge in [0.1, 0.15) is 0 Å². The molecule has 1 aliphatic heterocycles. The van der Waals surface area contributed by atoms with Crippen molar-refractivity contribution >= 4 is 17.1 Å². The van der Waals surface area contributed by atoms with Crippen LogP contribution >= 0.6 is 0 Å². The molecule has 4 N–H and O–H groups in total. The standard InChI is InChI=1S/C13H22N4/c1-10(2)16-5-7-17(8-6-16)11-3-4-12(14)13(15)9-11/h3-4,9-10H,5-8,14-15H2,1-2H3. The zero-order valence-corrected chi connectivity index (χ0v) is 10.7. The summed E-state index contributed by atoms with van der Waals surface area (Å²) in [7, 11) is 0. The maximum absolute atomic E-state index is 5.84. The molecule has 1 saturated heterocycles. The van der Waals surface area contributed by atoms with E-state index in [1.165, 1.54) is 5.69 Å². The van der Waals surface area contributed by atoms with E-state index in [9.17, 15) is 0 Å². The molecule has 0 saturated carbocycles. The van der Waals surface area contributed by atoms with Gasteiger partial charge in [0.05, 0.1) is 11.4 Å². The predicted octanol–water partition coefficient (Wildman–Crippen LogP) is 1.38. The van der Waals surface area contributed by atoms with Crippen molar-refractivity contribution in [1.82, 2.24) is 4.90 Å². The Morgan fingerprint density at radius 3 is 2.18 bits per heavy atom. The SMILES string of the molecule is CC(C)N1CCN(c2ccc(N)c(N)c2)CC1. The van der Waals surface area contributed by atoms with E-state index in [0.717, 1.165) is 26.2 Å². The summed E-state index contributed by atoms with van der Waals surface area (Å²) in [5.41, 5.74) is 14.1. The van der Waals surface area contributed by atoms with Gasteiger partial charge in [0.15, 0.2) is 0 Å². The minimum absolute atomic E-state index is 0.633. The van der Waals surface area contributed by atoms with Crippen molar-refractivity contribution in [2.45, 2.75) is 19.9 Å². The Hall–Kier alpha value is -1.42. The first kappa shape index (κ1) is 12.0. The molecule has 94 valence electrons. The lowest BCUT2D eigenvalue weighted by Gasteiger charge is -2.38. The van der Waals surface area contributed by atoms with E-state index in [0.29, 0.717) is 17.4 Å². The highest BCUT2D eigenvalue weighted by Crippen LogP contribution is 2.24. The number of rotatable bonds is 2. The van der Waals surface area contributed by atoms with E-state index in [1.54, 1.807) is 0 Å². The van der Waals surface area contributed by atoms with Gasteiger partial charge in [-0.15, -0.1) is 0 Å². The van der Waals surface area contributed by atoms with Gasteiger partial charge in [-0.1, -0.05) is 0 Å². The maximum Gasteiger partial charge on any atom is 0.0568 e. The highest BCUT2D eigenvalue weighted by atomic mass is 15.3. The summed E-state index contributed by atoms with van der Waals surface area (Å²) in [6.07, 6.45) is 0. The fourth-order valence-corrected chi connectivity index (χ4v) is 2.26. The average molecular weight is 234 g/mol. The highest BCUT2D eigenvalue weighted by molar-refractivity contribution is 5.69. The summed E-state index contributed by atoms with van der Waals surface area (Å²) in [4.78, 5) is 4.87. The van der Waals surface area contributed by atoms with Gasteiger partial charge in [0.2, 0.25) is 0 Å². The van der Waals surface area contributed by atoms with Crippen LogP contribution in [0.15, 0.2) is 18.2 Å². The number of nitrogen functional groups attached to an aromatic ring is 2. The van der Waals surface area contributed by atoms with Gasteiger partial charge in [-0.25, -0.2) is 0 Å². The molecule has 0 unspecified atom stereocenters. The molecule has 0 radical (unpaired) electrons. The Kier molecular flexibility index (Phi) is 3.43. The van der Waals surface area contributed by atoms with E-state index in [1.807, 2.05) is 12.1 Å². The van der Waals surface area contributed by atoms with Crippen LogP contribution in [0.25, 0.3) is 0 Å². The average Bonchev–Trinajstić information content (AvgIpc) is 2.33. The fourth-order valence-electron chi connectivity index (χ4n) is 2.26. The zero-order valence-electron chi connectivity index (χ0n) is 10.7. The van der Waals surface area contributed by atoms with Crippen LogP contribution in [0.5, 0.6) is 0 Å². The lowest BCUT2D eigenvalue weighted by atomic mass is 10.2. The third kappa shape index (κ3) is 2.64. The molecule has 2 rings (SSSR count). The molecule has 4 heteroatoms. The lowest BCUT2D eigenvalue weighted by molar-refractivity contribution is 0.209. The van der Waals surface area contributed by atoms with Gasteiger partial charge >= 0.3 is 0 Å². The van der Waals surface area contributed by atoms with Crippen molar-refractivity contribution in [3.05, 3.63) is 18.2 Å². The van der Waals surface area contributed by atoms with E-state index >= 15 is 0 Å². The summed E-state index contributed by atoms with van der Waals surface area (Å²) in [5, 5.41) is 0. The first-order chi connectivity index (χ1) is 8.08. The third-order valence-electron chi connectivity index (χ3n) is 3.48. The number of hydrogen-bond acceptors (Lipinski definition) is 4. The van der Waals surface area contributed by atoms with Gasteiger partial charge in [0.25, 0.3) is 0 Å². The second-order valence-electron chi connectivity index (χ2n) is 4.93. The smallest absolute Gasteiger partial charge is 0.0568 e. The molecule has 0 aromatic heterocycles. The molecule has 0 amide bonds. The molecule has 1 aromatic rings. The predicted molar refractivity (Wildman–Crippen MR) is 74.2 cm³/mol. The molecule has 1 fully saturated rings. The molecule has 0 spiro atoms. The molecule has 4 nitrogen and oxygen atoms in total. The summed E-state index contributed by atoms with van der Waals surface area (Å²) in [5.74, 6) is 0. The van der Waals surface area contributed by atoms with Crippen LogP contribution in [-0.4, -0.2) is 37.1 Å². The second kappa shape index (κ2) is 4.84. The number of hydrogen-bond donors (Lipinski definition) is 2. The Morgan fingerprint density at radius 1 is 1.00 bits per heavy atom. The monoisotopic (exact) mass is 234 g/mol. The molecule has 0 atom stereocenters. The van der Waals surface area contributed by atoms with E-state index in [2.05, 4.69) is 29.7 Å². The van der Waals surface area contributed by atoms with Gasteiger partial charge in [-0.3, -0.25) is 4.90 Å². The van der Waals surface area contributed by atoms with Crippen LogP contribution in [0.3, 0.4) is 0 Å². The molecule has 1 aliphatic rings. The highest BCUT2D eigenvalue weighted by Gasteiger charge is 2.19. The van der Waals surface area contributed by atoms with Crippen molar-refractivity contribution in [3.8, 4) is 0 Å². The summed E-state index contributed by atoms with van der Waals surface area (Å²) < 4.78 is 0. The van der Waals surface area contributed by atoms with E-state index in [4.69, 9.17) is 11.5 Å². The Balaban J connectivity index is 2.03. The van der Waals surface area contributed by atoms with E-state index in [-0.39, 0.29) is 0 Å². The molecular formula is C13H22N4. The fraction of sp³-hybridized carbons (Fsp3) is 0.538. The van der Waals surface area contributed by atoms with Crippen molar-refractivity contribution in [2.24, 2.45) is 0 Å². The number of nitrogens with two attached hydrogens (primary N) is 2. The Morgan fingerprint density at radius 2 is 1.65 bits per heavy atom. The molecular weight excluding hydrogens is 212 g/mol. The van der Waals surface area contributed by atoms with Gasteiger partial charge < -0.3 is 16.4 Å². The first-order valence-corrected chi connectivity index (χ1v) is 6.22. The van der Waals surface area contributed by atoms with Crippen LogP contribution in [0.1, 0.15) is 13.8 Å². The largest absolute Gasteiger partial charge is 0.397 e. The molecule has 0 aliphatic carbocycles. The normalized spacial score (nSPS) is 17.7. The van der Waals surface area contributed by atoms with Gasteiger partial charge in [-0.2, -0.15) is 0 Å². The number of nitrogens with zero attached hydrogens (tertiary/aromatic N) is 2. The second-order valence-corrected chi connectivity index (χ2v) is 4.93. The molecule has 1 aromatic carbocycles.